The molecule has 0 nitrogen and oxygen atoms in total. The molecule has 0 heteroatoms. The van der Waals surface area contributed by atoms with E-state index in [9.17, 15) is 0 Å². The molecule has 0 amide bonds. The summed E-state index contributed by atoms with van der Waals surface area (Å²) in [6, 6.07) is 0. The van der Waals surface area contributed by atoms with Crippen LogP contribution in [0.5, 0.6) is 0 Å². The summed E-state index contributed by atoms with van der Waals surface area (Å²) in [4.78, 5) is 0. The molecule has 0 aliphatic heterocycles. The second kappa shape index (κ2) is 10.2. The Morgan fingerprint density at radius 3 is 2.00 bits per heavy atom. The first-order valence-corrected chi connectivity index (χ1v) is 10.2. The van der Waals surface area contributed by atoms with Crippen molar-refractivity contribution in [1.29, 1.82) is 0 Å². The Balaban J connectivity index is 1.54. The average Bonchev–Trinajstić information content (AvgIpc) is 2.56. The van der Waals surface area contributed by atoms with E-state index >= 15 is 0 Å². The van der Waals surface area contributed by atoms with Gasteiger partial charge in [0.15, 0.2) is 0 Å². The molecule has 0 aromatic heterocycles. The largest absolute Gasteiger partial charge is 0.0956 e. The molecule has 0 atom stereocenters. The van der Waals surface area contributed by atoms with E-state index in [1.54, 1.807) is 0 Å². The molecular weight excluding hydrogens is 276 g/mol. The van der Waals surface area contributed by atoms with Crippen molar-refractivity contribution in [2.45, 2.75) is 84.5 Å². The molecule has 2 saturated carbocycles. The van der Waals surface area contributed by atoms with Crippen molar-refractivity contribution in [3.63, 3.8) is 0 Å². The molecule has 23 heavy (non-hydrogen) atoms. The van der Waals surface area contributed by atoms with Gasteiger partial charge >= 0.3 is 0 Å². The molecule has 0 N–H and O–H groups in total. The summed E-state index contributed by atoms with van der Waals surface area (Å²) in [5.74, 6) is 3.62. The van der Waals surface area contributed by atoms with Crippen LogP contribution >= 0.6 is 0 Å². The van der Waals surface area contributed by atoms with Crippen LogP contribution in [0, 0.1) is 23.7 Å². The minimum atomic E-state index is 0.756. The first-order valence-electron chi connectivity index (χ1n) is 10.2. The summed E-state index contributed by atoms with van der Waals surface area (Å²) < 4.78 is 0. The molecule has 2 aliphatic rings. The molecule has 2 aliphatic carbocycles. The first kappa shape index (κ1) is 18.6. The van der Waals surface area contributed by atoms with Gasteiger partial charge in [0.1, 0.15) is 0 Å². The van der Waals surface area contributed by atoms with Gasteiger partial charge in [-0.15, -0.1) is 0 Å². The molecule has 0 aromatic rings. The predicted molar refractivity (Wildman–Crippen MR) is 104 cm³/mol. The fraction of sp³-hybridized carbons (Fsp3) is 0.739. The summed E-state index contributed by atoms with van der Waals surface area (Å²) in [6.45, 7) is 9.09. The number of rotatable bonds is 7. The van der Waals surface area contributed by atoms with E-state index in [1.165, 1.54) is 76.2 Å². The second-order valence-corrected chi connectivity index (χ2v) is 8.34. The summed E-state index contributed by atoms with van der Waals surface area (Å²) in [7, 11) is 0. The van der Waals surface area contributed by atoms with E-state index < -0.39 is 0 Å². The normalized spacial score (nSPS) is 32.6. The van der Waals surface area contributed by atoms with E-state index in [2.05, 4.69) is 44.7 Å². The van der Waals surface area contributed by atoms with E-state index in [-0.39, 0.29) is 0 Å². The Bertz CT molecular complexity index is 384. The van der Waals surface area contributed by atoms with Crippen LogP contribution in [0.3, 0.4) is 0 Å². The molecule has 2 rings (SSSR count). The standard InChI is InChI=1S/C23H38/c1-19-11-15-22(16-12-19)10-8-6-4-5-7-9-21(3)23-17-13-20(2)14-18-23/h6-9,19-20,22-23H,3-5,10-18H2,1-2H3/b8-6-,9-7-. The lowest BCUT2D eigenvalue weighted by Gasteiger charge is -2.26. The molecule has 0 unspecified atom stereocenters. The number of unbranched alkanes of at least 4 members (excludes halogenated alkanes) is 1. The zero-order valence-corrected chi connectivity index (χ0v) is 15.6. The summed E-state index contributed by atoms with van der Waals surface area (Å²) in [5, 5.41) is 0. The van der Waals surface area contributed by atoms with Crippen LogP contribution in [0.2, 0.25) is 0 Å². The van der Waals surface area contributed by atoms with Gasteiger partial charge in [0.25, 0.3) is 0 Å². The van der Waals surface area contributed by atoms with E-state index in [0.29, 0.717) is 0 Å². The zero-order valence-electron chi connectivity index (χ0n) is 15.6. The van der Waals surface area contributed by atoms with Gasteiger partial charge in [-0.2, -0.15) is 0 Å². The zero-order chi connectivity index (χ0) is 16.5. The van der Waals surface area contributed by atoms with Gasteiger partial charge < -0.3 is 0 Å². The van der Waals surface area contributed by atoms with Crippen molar-refractivity contribution in [3.05, 3.63) is 36.5 Å². The van der Waals surface area contributed by atoms with Crippen LogP contribution < -0.4 is 0 Å². The Labute approximate surface area is 145 Å². The number of hydrogen-bond acceptors (Lipinski definition) is 0. The Kier molecular flexibility index (Phi) is 8.20. The molecule has 0 heterocycles. The molecule has 2 fully saturated rings. The maximum atomic E-state index is 4.30. The van der Waals surface area contributed by atoms with Gasteiger partial charge in [0, 0.05) is 0 Å². The van der Waals surface area contributed by atoms with Crippen LogP contribution in [-0.2, 0) is 0 Å². The maximum Gasteiger partial charge on any atom is -0.0168 e. The molecular formula is C23H38. The van der Waals surface area contributed by atoms with Crippen LogP contribution in [0.4, 0.5) is 0 Å². The third-order valence-electron chi connectivity index (χ3n) is 6.14. The fourth-order valence-corrected chi connectivity index (χ4v) is 4.17. The lowest BCUT2D eigenvalue weighted by atomic mass is 9.79. The summed E-state index contributed by atoms with van der Waals surface area (Å²) in [6.07, 6.45) is 24.4. The Morgan fingerprint density at radius 1 is 0.783 bits per heavy atom. The molecule has 0 bridgehead atoms. The summed E-state index contributed by atoms with van der Waals surface area (Å²) >= 11 is 0. The highest BCUT2D eigenvalue weighted by Gasteiger charge is 2.19. The molecule has 0 spiro atoms. The SMILES string of the molecule is C=C(/C=C\CC/C=C\CC1CCC(C)CC1)C1CCC(C)CC1. The smallest absolute Gasteiger partial charge is 0.0168 e. The van der Waals surface area contributed by atoms with Crippen molar-refractivity contribution in [1.82, 2.24) is 0 Å². The molecule has 0 radical (unpaired) electrons. The van der Waals surface area contributed by atoms with Gasteiger partial charge in [0.2, 0.25) is 0 Å². The van der Waals surface area contributed by atoms with Gasteiger partial charge in [0.05, 0.1) is 0 Å². The van der Waals surface area contributed by atoms with Crippen molar-refractivity contribution in [3.8, 4) is 0 Å². The third kappa shape index (κ3) is 7.10. The van der Waals surface area contributed by atoms with Crippen molar-refractivity contribution in [2.75, 3.05) is 0 Å². The van der Waals surface area contributed by atoms with Gasteiger partial charge in [-0.05, 0) is 68.6 Å². The van der Waals surface area contributed by atoms with Crippen molar-refractivity contribution >= 4 is 0 Å². The third-order valence-corrected chi connectivity index (χ3v) is 6.14. The van der Waals surface area contributed by atoms with Crippen LogP contribution in [0.25, 0.3) is 0 Å². The lowest BCUT2D eigenvalue weighted by Crippen LogP contribution is -2.12. The van der Waals surface area contributed by atoms with Crippen molar-refractivity contribution < 1.29 is 0 Å². The highest BCUT2D eigenvalue weighted by atomic mass is 14.2. The molecule has 130 valence electrons. The summed E-state index contributed by atoms with van der Waals surface area (Å²) in [5.41, 5.74) is 1.37. The van der Waals surface area contributed by atoms with E-state index in [1.807, 2.05) is 0 Å². The van der Waals surface area contributed by atoms with Crippen LogP contribution in [0.1, 0.15) is 84.5 Å². The molecule has 0 saturated heterocycles. The highest BCUT2D eigenvalue weighted by Crippen LogP contribution is 2.33. The Morgan fingerprint density at radius 2 is 1.35 bits per heavy atom. The van der Waals surface area contributed by atoms with Gasteiger partial charge in [-0.25, -0.2) is 0 Å². The Hall–Kier alpha value is -0.780. The maximum absolute atomic E-state index is 4.30. The minimum absolute atomic E-state index is 0.756. The number of allylic oxidation sites excluding steroid dienone is 5. The highest BCUT2D eigenvalue weighted by molar-refractivity contribution is 5.18. The fourth-order valence-electron chi connectivity index (χ4n) is 4.17. The van der Waals surface area contributed by atoms with Crippen LogP contribution in [-0.4, -0.2) is 0 Å². The number of hydrogen-bond donors (Lipinski definition) is 0. The topological polar surface area (TPSA) is 0 Å². The second-order valence-electron chi connectivity index (χ2n) is 8.34. The average molecular weight is 315 g/mol. The first-order chi connectivity index (χ1) is 11.1. The predicted octanol–water partition coefficient (Wildman–Crippen LogP) is 7.48. The van der Waals surface area contributed by atoms with E-state index in [0.717, 1.165) is 23.7 Å². The quantitative estimate of drug-likeness (QED) is 0.259. The van der Waals surface area contributed by atoms with Gasteiger partial charge in [-0.3, -0.25) is 0 Å². The monoisotopic (exact) mass is 314 g/mol. The van der Waals surface area contributed by atoms with Gasteiger partial charge in [-0.1, -0.05) is 76.0 Å². The molecule has 0 aromatic carbocycles. The van der Waals surface area contributed by atoms with E-state index in [4.69, 9.17) is 0 Å². The lowest BCUT2D eigenvalue weighted by molar-refractivity contribution is 0.292. The minimum Gasteiger partial charge on any atom is -0.0956 e. The van der Waals surface area contributed by atoms with Crippen LogP contribution in [0.15, 0.2) is 36.5 Å². The van der Waals surface area contributed by atoms with Crippen molar-refractivity contribution in [2.24, 2.45) is 23.7 Å².